The fourth-order valence-corrected chi connectivity index (χ4v) is 2.37. The number of nitrogens with one attached hydrogen (secondary N) is 2. The van der Waals surface area contributed by atoms with Crippen molar-refractivity contribution in [3.05, 3.63) is 0 Å². The van der Waals surface area contributed by atoms with Crippen molar-refractivity contribution in [1.82, 2.24) is 10.0 Å². The Balaban J connectivity index is 2.44. The first-order valence-corrected chi connectivity index (χ1v) is 7.12. The van der Waals surface area contributed by atoms with Crippen LogP contribution in [0.25, 0.3) is 0 Å². The van der Waals surface area contributed by atoms with Gasteiger partial charge in [-0.1, -0.05) is 0 Å². The zero-order chi connectivity index (χ0) is 12.4. The summed E-state index contributed by atoms with van der Waals surface area (Å²) >= 11 is 0. The van der Waals surface area contributed by atoms with E-state index in [1.807, 2.05) is 0 Å². The first-order valence-electron chi connectivity index (χ1n) is 5.23. The van der Waals surface area contributed by atoms with E-state index >= 15 is 0 Å². The molecule has 1 aliphatic carbocycles. The fourth-order valence-electron chi connectivity index (χ4n) is 1.30. The number of nitrogens with zero attached hydrogens (tertiary/aromatic N) is 1. The monoisotopic (exact) mass is 248 g/mol. The second-order valence-electron chi connectivity index (χ2n) is 4.88. The summed E-state index contributed by atoms with van der Waals surface area (Å²) < 4.78 is 24.6. The molecule has 1 fully saturated rings. The summed E-state index contributed by atoms with van der Waals surface area (Å²) in [6.07, 6.45) is 3.38. The van der Waals surface area contributed by atoms with Gasteiger partial charge in [-0.3, -0.25) is 4.99 Å². The van der Waals surface area contributed by atoms with E-state index < -0.39 is 15.6 Å². The third-order valence-electron chi connectivity index (χ3n) is 2.04. The molecule has 0 spiro atoms. The Bertz CT molecular complexity index is 371. The lowest BCUT2D eigenvalue weighted by Crippen LogP contribution is -2.46. The summed E-state index contributed by atoms with van der Waals surface area (Å²) in [4.78, 5) is 4.12. The molecule has 0 atom stereocenters. The minimum absolute atomic E-state index is 0.311. The lowest BCUT2D eigenvalue weighted by atomic mass is 10.1. The topological polar surface area (TPSA) is 96.6 Å². The van der Waals surface area contributed by atoms with Crippen LogP contribution in [0.4, 0.5) is 0 Å². The molecule has 1 saturated carbocycles. The Kier molecular flexibility index (Phi) is 3.80. The van der Waals surface area contributed by atoms with Crippen molar-refractivity contribution >= 4 is 16.0 Å². The van der Waals surface area contributed by atoms with Crippen molar-refractivity contribution in [2.75, 3.05) is 12.8 Å². The molecule has 0 aliphatic heterocycles. The predicted octanol–water partition coefficient (Wildman–Crippen LogP) is -0.619. The van der Waals surface area contributed by atoms with Crippen molar-refractivity contribution in [3.8, 4) is 0 Å². The van der Waals surface area contributed by atoms with Gasteiger partial charge in [0.05, 0.1) is 12.8 Å². The van der Waals surface area contributed by atoms with E-state index in [1.54, 1.807) is 13.8 Å². The van der Waals surface area contributed by atoms with E-state index in [0.29, 0.717) is 18.5 Å². The van der Waals surface area contributed by atoms with E-state index in [0.717, 1.165) is 19.1 Å². The molecule has 1 aliphatic rings. The van der Waals surface area contributed by atoms with Crippen molar-refractivity contribution in [2.45, 2.75) is 38.3 Å². The van der Waals surface area contributed by atoms with Crippen molar-refractivity contribution in [1.29, 1.82) is 0 Å². The molecule has 0 saturated heterocycles. The average molecular weight is 248 g/mol. The van der Waals surface area contributed by atoms with Crippen LogP contribution in [0, 0.1) is 0 Å². The first kappa shape index (κ1) is 13.2. The van der Waals surface area contributed by atoms with E-state index in [1.165, 1.54) is 0 Å². The fraction of sp³-hybridized carbons (Fsp3) is 0.889. The number of hydrogen-bond donors (Lipinski definition) is 3. The molecule has 94 valence electrons. The second kappa shape index (κ2) is 4.58. The molecule has 6 nitrogen and oxygen atoms in total. The normalized spacial score (nSPS) is 18.6. The predicted molar refractivity (Wildman–Crippen MR) is 64.7 cm³/mol. The van der Waals surface area contributed by atoms with E-state index in [2.05, 4.69) is 15.0 Å². The maximum Gasteiger partial charge on any atom is 0.209 e. The van der Waals surface area contributed by atoms with Gasteiger partial charge in [0, 0.05) is 11.6 Å². The van der Waals surface area contributed by atoms with E-state index in [-0.39, 0.29) is 0 Å². The number of aliphatic imine (C=N–C) groups is 1. The maximum atomic E-state index is 11.1. The average Bonchev–Trinajstić information content (AvgIpc) is 2.80. The Morgan fingerprint density at radius 2 is 2.06 bits per heavy atom. The van der Waals surface area contributed by atoms with Gasteiger partial charge in [-0.15, -0.1) is 0 Å². The molecular weight excluding hydrogens is 228 g/mol. The molecule has 1 rings (SSSR count). The highest BCUT2D eigenvalue weighted by atomic mass is 32.2. The smallest absolute Gasteiger partial charge is 0.209 e. The standard InChI is InChI=1S/C9H20N4O2S/c1-9(2,13-16(3,14)15)6-11-8(10)12-7-4-5-7/h7,13H,4-6H2,1-3H3,(H3,10,11,12). The molecule has 0 amide bonds. The van der Waals surface area contributed by atoms with Crippen molar-refractivity contribution in [3.63, 3.8) is 0 Å². The van der Waals surface area contributed by atoms with Gasteiger partial charge in [0.15, 0.2) is 5.96 Å². The highest BCUT2D eigenvalue weighted by Gasteiger charge is 2.23. The maximum absolute atomic E-state index is 11.1. The summed E-state index contributed by atoms with van der Waals surface area (Å²) in [6.45, 7) is 3.84. The van der Waals surface area contributed by atoms with Crippen LogP contribution in [0.2, 0.25) is 0 Å². The zero-order valence-corrected chi connectivity index (χ0v) is 10.8. The summed E-state index contributed by atoms with van der Waals surface area (Å²) in [5, 5.41) is 3.04. The summed E-state index contributed by atoms with van der Waals surface area (Å²) in [7, 11) is -3.22. The Morgan fingerprint density at radius 3 is 2.50 bits per heavy atom. The second-order valence-corrected chi connectivity index (χ2v) is 6.63. The van der Waals surface area contributed by atoms with Crippen LogP contribution in [0.1, 0.15) is 26.7 Å². The number of nitrogens with two attached hydrogens (primary N) is 1. The molecule has 0 aromatic rings. The SMILES string of the molecule is CC(C)(CN=C(N)NC1CC1)NS(C)(=O)=O. The van der Waals surface area contributed by atoms with Crippen LogP contribution in [-0.4, -0.2) is 38.8 Å². The van der Waals surface area contributed by atoms with Gasteiger partial charge >= 0.3 is 0 Å². The van der Waals surface area contributed by atoms with Gasteiger partial charge in [-0.05, 0) is 26.7 Å². The molecule has 7 heteroatoms. The Labute approximate surface area is 96.7 Å². The van der Waals surface area contributed by atoms with Gasteiger partial charge in [-0.2, -0.15) is 0 Å². The van der Waals surface area contributed by atoms with Gasteiger partial charge in [0.25, 0.3) is 0 Å². The minimum Gasteiger partial charge on any atom is -0.370 e. The Hall–Kier alpha value is -0.820. The third-order valence-corrected chi connectivity index (χ3v) is 2.96. The number of sulfonamides is 1. The molecule has 0 aromatic carbocycles. The van der Waals surface area contributed by atoms with Crippen LogP contribution in [0.3, 0.4) is 0 Å². The van der Waals surface area contributed by atoms with Gasteiger partial charge in [-0.25, -0.2) is 13.1 Å². The molecule has 0 bridgehead atoms. The molecule has 16 heavy (non-hydrogen) atoms. The largest absolute Gasteiger partial charge is 0.370 e. The number of hydrogen-bond acceptors (Lipinski definition) is 3. The van der Waals surface area contributed by atoms with Gasteiger partial charge in [0.1, 0.15) is 0 Å². The van der Waals surface area contributed by atoms with Crippen LogP contribution >= 0.6 is 0 Å². The van der Waals surface area contributed by atoms with E-state index in [9.17, 15) is 8.42 Å². The van der Waals surface area contributed by atoms with E-state index in [4.69, 9.17) is 5.73 Å². The lowest BCUT2D eigenvalue weighted by molar-refractivity contribution is 0.465. The molecule has 0 radical (unpaired) electrons. The first-order chi connectivity index (χ1) is 7.18. The Morgan fingerprint density at radius 1 is 1.50 bits per heavy atom. The zero-order valence-electron chi connectivity index (χ0n) is 9.95. The van der Waals surface area contributed by atoms with Gasteiger partial charge in [0.2, 0.25) is 10.0 Å². The minimum atomic E-state index is -3.22. The van der Waals surface area contributed by atoms with Gasteiger partial charge < -0.3 is 11.1 Å². The van der Waals surface area contributed by atoms with Crippen molar-refractivity contribution < 1.29 is 8.42 Å². The summed E-state index contributed by atoms with van der Waals surface area (Å²) in [6, 6.07) is 0.453. The van der Waals surface area contributed by atoms with Crippen LogP contribution < -0.4 is 15.8 Å². The molecular formula is C9H20N4O2S. The highest BCUT2D eigenvalue weighted by molar-refractivity contribution is 7.88. The summed E-state index contributed by atoms with van der Waals surface area (Å²) in [5.74, 6) is 0.380. The number of guanidine groups is 1. The molecule has 0 heterocycles. The lowest BCUT2D eigenvalue weighted by Gasteiger charge is -2.22. The molecule has 0 aromatic heterocycles. The molecule has 4 N–H and O–H groups in total. The molecule has 0 unspecified atom stereocenters. The van der Waals surface area contributed by atoms with Crippen molar-refractivity contribution in [2.24, 2.45) is 10.7 Å². The highest BCUT2D eigenvalue weighted by Crippen LogP contribution is 2.18. The quantitative estimate of drug-likeness (QED) is 0.446. The summed E-state index contributed by atoms with van der Waals surface area (Å²) in [5.41, 5.74) is 5.03. The van der Waals surface area contributed by atoms with Crippen LogP contribution in [-0.2, 0) is 10.0 Å². The third kappa shape index (κ3) is 5.92. The number of rotatable bonds is 5. The van der Waals surface area contributed by atoms with Crippen LogP contribution in [0.15, 0.2) is 4.99 Å². The van der Waals surface area contributed by atoms with Crippen LogP contribution in [0.5, 0.6) is 0 Å².